The molecule has 0 atom stereocenters. The Hall–Kier alpha value is -1.56. The molecule has 3 heterocycles. The van der Waals surface area contributed by atoms with Gasteiger partial charge in [-0.15, -0.1) is 16.4 Å². The van der Waals surface area contributed by atoms with Gasteiger partial charge in [0.1, 0.15) is 6.33 Å². The van der Waals surface area contributed by atoms with E-state index in [0.29, 0.717) is 0 Å². The average Bonchev–Trinajstić information content (AvgIpc) is 2.71. The first-order valence-electron chi connectivity index (χ1n) is 3.35. The van der Waals surface area contributed by atoms with Gasteiger partial charge >= 0.3 is 0 Å². The molecule has 0 aliphatic carbocycles. The van der Waals surface area contributed by atoms with Crippen LogP contribution in [0.2, 0.25) is 0 Å². The number of hydrogen-bond donors (Lipinski definition) is 0. The molecule has 0 fully saturated rings. The number of hydrogen-bond acceptors (Lipinski definition) is 5. The lowest BCUT2D eigenvalue weighted by atomic mass is 10.5. The Morgan fingerprint density at radius 3 is 3.42 bits per heavy atom. The molecule has 0 amide bonds. The summed E-state index contributed by atoms with van der Waals surface area (Å²) in [6, 6.07) is 1.95. The maximum Gasteiger partial charge on any atom is 0.200 e. The molecular weight excluding hydrogens is 174 g/mol. The third kappa shape index (κ3) is 0.620. The highest BCUT2D eigenvalue weighted by atomic mass is 32.1. The van der Waals surface area contributed by atoms with Crippen molar-refractivity contribution < 1.29 is 0 Å². The van der Waals surface area contributed by atoms with Crippen LogP contribution >= 0.6 is 11.3 Å². The van der Waals surface area contributed by atoms with Crippen molar-refractivity contribution in [1.82, 2.24) is 25.0 Å². The molecule has 0 spiro atoms. The summed E-state index contributed by atoms with van der Waals surface area (Å²) >= 11 is 1.60. The summed E-state index contributed by atoms with van der Waals surface area (Å²) in [6.07, 6.45) is 1.62. The predicted octanol–water partition coefficient (Wildman–Crippen LogP) is 0.734. The van der Waals surface area contributed by atoms with E-state index in [1.54, 1.807) is 22.2 Å². The molecule has 0 aromatic carbocycles. The highest BCUT2D eigenvalue weighted by Gasteiger charge is 2.04. The van der Waals surface area contributed by atoms with Gasteiger partial charge in [0.25, 0.3) is 0 Å². The fourth-order valence-electron chi connectivity index (χ4n) is 1.11. The van der Waals surface area contributed by atoms with Gasteiger partial charge in [-0.3, -0.25) is 0 Å². The van der Waals surface area contributed by atoms with E-state index >= 15 is 0 Å². The first kappa shape index (κ1) is 6.01. The molecule has 3 aromatic rings. The molecule has 0 unspecified atom stereocenters. The molecule has 0 radical (unpaired) electrons. The van der Waals surface area contributed by atoms with E-state index in [4.69, 9.17) is 0 Å². The minimum Gasteiger partial charge on any atom is -0.235 e. The molecule has 0 N–H and O–H groups in total. The van der Waals surface area contributed by atoms with Gasteiger partial charge in [-0.25, -0.2) is 4.98 Å². The quantitative estimate of drug-likeness (QED) is 0.508. The van der Waals surface area contributed by atoms with E-state index in [1.165, 1.54) is 0 Å². The molecule has 0 aliphatic rings. The lowest BCUT2D eigenvalue weighted by molar-refractivity contribution is 0.813. The van der Waals surface area contributed by atoms with Crippen LogP contribution in [0.4, 0.5) is 0 Å². The molecule has 0 saturated carbocycles. The summed E-state index contributed by atoms with van der Waals surface area (Å²) in [5.41, 5.74) is 1.72. The van der Waals surface area contributed by atoms with Gasteiger partial charge in [0, 0.05) is 0 Å². The van der Waals surface area contributed by atoms with Gasteiger partial charge in [-0.05, 0) is 21.9 Å². The van der Waals surface area contributed by atoms with Crippen LogP contribution in [0, 0.1) is 0 Å². The van der Waals surface area contributed by atoms with Crippen molar-refractivity contribution in [2.24, 2.45) is 0 Å². The van der Waals surface area contributed by atoms with Gasteiger partial charge in [0.2, 0.25) is 0 Å². The number of aromatic nitrogens is 5. The minimum atomic E-state index is 0.773. The summed E-state index contributed by atoms with van der Waals surface area (Å²) in [4.78, 5) is 4.17. The second-order valence-corrected chi connectivity index (χ2v) is 3.24. The predicted molar refractivity (Wildman–Crippen MR) is 44.0 cm³/mol. The van der Waals surface area contributed by atoms with E-state index in [0.717, 1.165) is 15.9 Å². The van der Waals surface area contributed by atoms with Crippen LogP contribution < -0.4 is 0 Å². The maximum atomic E-state index is 4.17. The molecule has 58 valence electrons. The zero-order valence-electron chi connectivity index (χ0n) is 5.88. The smallest absolute Gasteiger partial charge is 0.200 e. The van der Waals surface area contributed by atoms with Crippen LogP contribution in [0.1, 0.15) is 0 Å². The Kier molecular flexibility index (Phi) is 0.991. The number of thiophene rings is 1. The molecule has 12 heavy (non-hydrogen) atoms. The molecule has 0 saturated heterocycles. The molecule has 3 aromatic heterocycles. The summed E-state index contributed by atoms with van der Waals surface area (Å²) < 4.78 is 2.60. The number of fused-ring (bicyclic) bond motifs is 3. The monoisotopic (exact) mass is 177 g/mol. The SMILES string of the molecule is c1cc2ncn3nnnc3c2s1. The number of rotatable bonds is 0. The van der Waals surface area contributed by atoms with Crippen LogP contribution in [0.5, 0.6) is 0 Å². The molecule has 6 heteroatoms. The summed E-state index contributed by atoms with van der Waals surface area (Å²) in [5, 5.41) is 13.2. The Morgan fingerprint density at radius 1 is 1.42 bits per heavy atom. The van der Waals surface area contributed by atoms with Gasteiger partial charge < -0.3 is 0 Å². The van der Waals surface area contributed by atoms with Crippen molar-refractivity contribution in [1.29, 1.82) is 0 Å². The Bertz CT molecular complexity index is 489. The fraction of sp³-hybridized carbons (Fsp3) is 0. The molecule has 0 bridgehead atoms. The number of tetrazole rings is 1. The summed E-state index contributed by atoms with van der Waals surface area (Å²) in [6.45, 7) is 0. The fourth-order valence-corrected chi connectivity index (χ4v) is 1.92. The largest absolute Gasteiger partial charge is 0.235 e. The van der Waals surface area contributed by atoms with Gasteiger partial charge in [0.05, 0.1) is 10.2 Å². The van der Waals surface area contributed by atoms with E-state index in [2.05, 4.69) is 20.5 Å². The van der Waals surface area contributed by atoms with E-state index in [-0.39, 0.29) is 0 Å². The maximum absolute atomic E-state index is 4.17. The highest BCUT2D eigenvalue weighted by molar-refractivity contribution is 7.17. The molecule has 3 rings (SSSR count). The van der Waals surface area contributed by atoms with Crippen molar-refractivity contribution in [3.8, 4) is 0 Å². The van der Waals surface area contributed by atoms with Crippen molar-refractivity contribution >= 4 is 27.2 Å². The third-order valence-electron chi connectivity index (χ3n) is 1.65. The number of nitrogens with zero attached hydrogens (tertiary/aromatic N) is 5. The van der Waals surface area contributed by atoms with Crippen LogP contribution in [0.15, 0.2) is 17.8 Å². The van der Waals surface area contributed by atoms with Crippen molar-refractivity contribution in [2.45, 2.75) is 0 Å². The summed E-state index contributed by atoms with van der Waals surface area (Å²) in [7, 11) is 0. The van der Waals surface area contributed by atoms with E-state index in [1.807, 2.05) is 11.4 Å². The minimum absolute atomic E-state index is 0.773. The third-order valence-corrected chi connectivity index (χ3v) is 2.55. The van der Waals surface area contributed by atoms with Crippen LogP contribution in [-0.4, -0.2) is 25.0 Å². The van der Waals surface area contributed by atoms with Crippen molar-refractivity contribution in [2.75, 3.05) is 0 Å². The standard InChI is InChI=1S/C6H3N5S/c1-2-12-5-4(1)7-3-11-6(5)8-9-10-11/h1-3H. The molecular formula is C6H3N5S. The lowest BCUT2D eigenvalue weighted by Gasteiger charge is -1.88. The second kappa shape index (κ2) is 1.98. The zero-order chi connectivity index (χ0) is 7.97. The van der Waals surface area contributed by atoms with E-state index < -0.39 is 0 Å². The first-order chi connectivity index (χ1) is 5.95. The lowest BCUT2D eigenvalue weighted by Crippen LogP contribution is -1.88. The normalized spacial score (nSPS) is 11.3. The molecule has 5 nitrogen and oxygen atoms in total. The summed E-state index contributed by atoms with van der Waals surface area (Å²) in [5.74, 6) is 0. The van der Waals surface area contributed by atoms with Crippen LogP contribution in [0.3, 0.4) is 0 Å². The Balaban J connectivity index is 2.71. The van der Waals surface area contributed by atoms with Gasteiger partial charge in [-0.1, -0.05) is 0 Å². The van der Waals surface area contributed by atoms with Gasteiger partial charge in [-0.2, -0.15) is 4.52 Å². The first-order valence-corrected chi connectivity index (χ1v) is 4.23. The van der Waals surface area contributed by atoms with Crippen LogP contribution in [0.25, 0.3) is 15.9 Å². The Morgan fingerprint density at radius 2 is 2.42 bits per heavy atom. The van der Waals surface area contributed by atoms with Crippen molar-refractivity contribution in [3.63, 3.8) is 0 Å². The Labute approximate surface area is 70.7 Å². The van der Waals surface area contributed by atoms with E-state index in [9.17, 15) is 0 Å². The highest BCUT2D eigenvalue weighted by Crippen LogP contribution is 2.20. The topological polar surface area (TPSA) is 56.0 Å². The zero-order valence-corrected chi connectivity index (χ0v) is 6.69. The van der Waals surface area contributed by atoms with Crippen molar-refractivity contribution in [3.05, 3.63) is 17.8 Å². The average molecular weight is 177 g/mol. The second-order valence-electron chi connectivity index (χ2n) is 2.33. The van der Waals surface area contributed by atoms with Gasteiger partial charge in [0.15, 0.2) is 5.65 Å². The molecule has 0 aliphatic heterocycles. The van der Waals surface area contributed by atoms with Crippen LogP contribution in [-0.2, 0) is 0 Å².